The molecule has 2 rings (SSSR count). The van der Waals surface area contributed by atoms with Gasteiger partial charge in [-0.3, -0.25) is 4.98 Å². The van der Waals surface area contributed by atoms with Crippen LogP contribution in [-0.4, -0.2) is 52.3 Å². The Morgan fingerprint density at radius 2 is 2.25 bits per heavy atom. The molecule has 114 valence electrons. The SMILES string of the molecule is Nc1[nH]c(=O)ncc1F.OCC[C@H]1C(F)COC1CO. The van der Waals surface area contributed by atoms with E-state index in [0.29, 0.717) is 6.42 Å². The Morgan fingerprint density at radius 1 is 1.55 bits per heavy atom. The summed E-state index contributed by atoms with van der Waals surface area (Å²) < 4.78 is 29.9. The molecule has 0 bridgehead atoms. The van der Waals surface area contributed by atoms with E-state index in [2.05, 4.69) is 4.98 Å². The molecule has 5 N–H and O–H groups in total. The number of hydrogen-bond acceptors (Lipinski definition) is 6. The van der Waals surface area contributed by atoms with E-state index in [1.54, 1.807) is 0 Å². The number of H-pyrrole nitrogens is 1. The van der Waals surface area contributed by atoms with E-state index in [4.69, 9.17) is 20.7 Å². The van der Waals surface area contributed by atoms with Crippen LogP contribution in [0.4, 0.5) is 14.6 Å². The lowest BCUT2D eigenvalue weighted by atomic mass is 9.97. The standard InChI is InChI=1S/C7H13FO3.C4H4FN3O/c8-6-4-11-7(3-10)5(6)1-2-9;5-2-1-7-4(9)8-3(2)6/h5-7,9-10H,1-4H2;1H,(H3,6,7,8,9)/t5-,6?,7?;/m0./s1. The summed E-state index contributed by atoms with van der Waals surface area (Å²) in [6.45, 7) is -0.161. The van der Waals surface area contributed by atoms with Crippen LogP contribution < -0.4 is 11.4 Å². The number of halogens is 2. The Morgan fingerprint density at radius 3 is 2.75 bits per heavy atom. The van der Waals surface area contributed by atoms with Crippen molar-refractivity contribution in [1.82, 2.24) is 9.97 Å². The van der Waals surface area contributed by atoms with Crippen LogP contribution in [0, 0.1) is 11.7 Å². The summed E-state index contributed by atoms with van der Waals surface area (Å²) in [5, 5.41) is 17.3. The number of rotatable bonds is 3. The van der Waals surface area contributed by atoms with E-state index in [0.717, 1.165) is 6.20 Å². The van der Waals surface area contributed by atoms with Gasteiger partial charge in [0.1, 0.15) is 12.0 Å². The zero-order valence-corrected chi connectivity index (χ0v) is 10.6. The van der Waals surface area contributed by atoms with Gasteiger partial charge in [0.05, 0.1) is 25.5 Å². The van der Waals surface area contributed by atoms with Crippen molar-refractivity contribution in [2.75, 3.05) is 25.6 Å². The van der Waals surface area contributed by atoms with Crippen LogP contribution in [0.15, 0.2) is 11.0 Å². The predicted octanol–water partition coefficient (Wildman–Crippen LogP) is -0.795. The average molecular weight is 293 g/mol. The van der Waals surface area contributed by atoms with E-state index < -0.39 is 23.8 Å². The van der Waals surface area contributed by atoms with Gasteiger partial charge in [0.2, 0.25) is 0 Å². The molecule has 1 aliphatic rings. The number of hydrogen-bond donors (Lipinski definition) is 4. The summed E-state index contributed by atoms with van der Waals surface area (Å²) in [6, 6.07) is 0. The lowest BCUT2D eigenvalue weighted by Gasteiger charge is -2.15. The van der Waals surface area contributed by atoms with Crippen molar-refractivity contribution in [3.05, 3.63) is 22.5 Å². The zero-order valence-electron chi connectivity index (χ0n) is 10.6. The third-order valence-corrected chi connectivity index (χ3v) is 2.85. The van der Waals surface area contributed by atoms with Gasteiger partial charge in [-0.1, -0.05) is 0 Å². The molecule has 0 amide bonds. The first-order chi connectivity index (χ1) is 9.49. The Labute approximate surface area is 113 Å². The highest BCUT2D eigenvalue weighted by Gasteiger charge is 2.36. The molecule has 0 aromatic carbocycles. The smallest absolute Gasteiger partial charge is 0.346 e. The molecule has 7 nitrogen and oxygen atoms in total. The van der Waals surface area contributed by atoms with Crippen LogP contribution >= 0.6 is 0 Å². The predicted molar refractivity (Wildman–Crippen MR) is 66.1 cm³/mol. The monoisotopic (exact) mass is 293 g/mol. The van der Waals surface area contributed by atoms with E-state index in [9.17, 15) is 13.6 Å². The largest absolute Gasteiger partial charge is 0.396 e. The normalized spacial score (nSPS) is 25.1. The van der Waals surface area contributed by atoms with E-state index in [1.165, 1.54) is 0 Å². The number of ether oxygens (including phenoxy) is 1. The number of nitrogens with one attached hydrogen (secondary N) is 1. The number of aliphatic hydroxyl groups is 2. The molecule has 3 atom stereocenters. The van der Waals surface area contributed by atoms with Gasteiger partial charge >= 0.3 is 5.69 Å². The molecule has 1 aromatic rings. The van der Waals surface area contributed by atoms with Gasteiger partial charge in [0.15, 0.2) is 5.82 Å². The van der Waals surface area contributed by atoms with Crippen molar-refractivity contribution in [2.45, 2.75) is 18.7 Å². The number of aromatic amines is 1. The number of aromatic nitrogens is 2. The second-order valence-electron chi connectivity index (χ2n) is 4.20. The van der Waals surface area contributed by atoms with Crippen LogP contribution in [0.1, 0.15) is 6.42 Å². The molecule has 1 saturated heterocycles. The summed E-state index contributed by atoms with van der Waals surface area (Å²) in [5.41, 5.74) is 4.31. The van der Waals surface area contributed by atoms with Crippen LogP contribution in [0.3, 0.4) is 0 Å². The van der Waals surface area contributed by atoms with Gasteiger partial charge in [-0.2, -0.15) is 4.98 Å². The maximum absolute atomic E-state index is 12.9. The number of nitrogens with zero attached hydrogens (tertiary/aromatic N) is 1. The molecule has 2 heterocycles. The molecule has 20 heavy (non-hydrogen) atoms. The maximum Gasteiger partial charge on any atom is 0.346 e. The highest BCUT2D eigenvalue weighted by atomic mass is 19.1. The first kappa shape index (κ1) is 16.5. The highest BCUT2D eigenvalue weighted by molar-refractivity contribution is 5.25. The van der Waals surface area contributed by atoms with Crippen molar-refractivity contribution in [3.8, 4) is 0 Å². The Bertz CT molecular complexity index is 471. The minimum Gasteiger partial charge on any atom is -0.396 e. The van der Waals surface area contributed by atoms with Gasteiger partial charge in [-0.15, -0.1) is 0 Å². The summed E-state index contributed by atoms with van der Waals surface area (Å²) in [6.07, 6.45) is -0.308. The quantitative estimate of drug-likeness (QED) is 0.579. The Hall–Kier alpha value is -1.58. The molecular formula is C11H17F2N3O4. The molecule has 0 saturated carbocycles. The molecule has 2 unspecified atom stereocenters. The summed E-state index contributed by atoms with van der Waals surface area (Å²) in [4.78, 5) is 15.3. The molecule has 9 heteroatoms. The van der Waals surface area contributed by atoms with Gasteiger partial charge in [0.25, 0.3) is 0 Å². The molecule has 1 fully saturated rings. The van der Waals surface area contributed by atoms with Gasteiger partial charge in [0, 0.05) is 12.5 Å². The second-order valence-corrected chi connectivity index (χ2v) is 4.20. The second kappa shape index (κ2) is 7.88. The topological polar surface area (TPSA) is 121 Å². The number of nitrogens with two attached hydrogens (primary N) is 1. The van der Waals surface area contributed by atoms with Crippen molar-refractivity contribution >= 4 is 5.82 Å². The van der Waals surface area contributed by atoms with Crippen molar-refractivity contribution in [2.24, 2.45) is 5.92 Å². The van der Waals surface area contributed by atoms with Crippen LogP contribution in [0.5, 0.6) is 0 Å². The molecule has 0 spiro atoms. The first-order valence-electron chi connectivity index (χ1n) is 5.97. The van der Waals surface area contributed by atoms with E-state index in [1.807, 2.05) is 4.98 Å². The number of aliphatic hydroxyl groups excluding tert-OH is 2. The van der Waals surface area contributed by atoms with E-state index in [-0.39, 0.29) is 31.6 Å². The lowest BCUT2D eigenvalue weighted by molar-refractivity contribution is 0.0348. The summed E-state index contributed by atoms with van der Waals surface area (Å²) in [7, 11) is 0. The number of anilines is 1. The Balaban J connectivity index is 0.000000204. The summed E-state index contributed by atoms with van der Waals surface area (Å²) in [5.74, 6) is -1.32. The molecule has 0 aliphatic carbocycles. The van der Waals surface area contributed by atoms with Crippen molar-refractivity contribution in [3.63, 3.8) is 0 Å². The Kier molecular flexibility index (Phi) is 6.49. The lowest BCUT2D eigenvalue weighted by Crippen LogP contribution is -2.25. The first-order valence-corrected chi connectivity index (χ1v) is 5.97. The fraction of sp³-hybridized carbons (Fsp3) is 0.636. The zero-order chi connectivity index (χ0) is 15.1. The third kappa shape index (κ3) is 4.51. The van der Waals surface area contributed by atoms with Gasteiger partial charge in [-0.05, 0) is 6.42 Å². The maximum atomic E-state index is 12.9. The van der Waals surface area contributed by atoms with Crippen LogP contribution in [0.2, 0.25) is 0 Å². The number of alkyl halides is 1. The molecule has 1 aliphatic heterocycles. The average Bonchev–Trinajstić information content (AvgIpc) is 2.77. The fourth-order valence-corrected chi connectivity index (χ4v) is 1.79. The molecule has 0 radical (unpaired) electrons. The minimum atomic E-state index is -1.03. The van der Waals surface area contributed by atoms with Gasteiger partial charge < -0.3 is 20.7 Å². The van der Waals surface area contributed by atoms with Crippen LogP contribution in [0.25, 0.3) is 0 Å². The third-order valence-electron chi connectivity index (χ3n) is 2.85. The highest BCUT2D eigenvalue weighted by Crippen LogP contribution is 2.26. The molecular weight excluding hydrogens is 276 g/mol. The summed E-state index contributed by atoms with van der Waals surface area (Å²) >= 11 is 0. The number of nitrogen functional groups attached to an aromatic ring is 1. The van der Waals surface area contributed by atoms with Crippen molar-refractivity contribution < 1.29 is 23.7 Å². The van der Waals surface area contributed by atoms with E-state index >= 15 is 0 Å². The minimum absolute atomic E-state index is 0.0506. The van der Waals surface area contributed by atoms with Crippen molar-refractivity contribution in [1.29, 1.82) is 0 Å². The fourth-order valence-electron chi connectivity index (χ4n) is 1.79. The van der Waals surface area contributed by atoms with Gasteiger partial charge in [-0.25, -0.2) is 13.6 Å². The van der Waals surface area contributed by atoms with Crippen LogP contribution in [-0.2, 0) is 4.74 Å². The molecule has 1 aromatic heterocycles.